The molecule has 8 aromatic carbocycles. The molecule has 0 spiro atoms. The lowest BCUT2D eigenvalue weighted by molar-refractivity contribution is 0.660. The highest BCUT2D eigenvalue weighted by molar-refractivity contribution is 6.06. The van der Waals surface area contributed by atoms with Crippen molar-refractivity contribution in [1.82, 2.24) is 0 Å². The van der Waals surface area contributed by atoms with Gasteiger partial charge in [-0.2, -0.15) is 0 Å². The molecule has 10 rings (SSSR count). The lowest BCUT2D eigenvalue weighted by atomic mass is 9.82. The van der Waals surface area contributed by atoms with Crippen LogP contribution in [0.15, 0.2) is 180 Å². The highest BCUT2D eigenvalue weighted by atomic mass is 16.3. The Labute approximate surface area is 297 Å². The minimum atomic E-state index is 0.00456. The predicted octanol–water partition coefficient (Wildman–Crippen LogP) is 13.8. The fourth-order valence-corrected chi connectivity index (χ4v) is 8.17. The largest absolute Gasteiger partial charge is 0.456 e. The zero-order chi connectivity index (χ0) is 34.1. The average Bonchev–Trinajstić information content (AvgIpc) is 3.67. The van der Waals surface area contributed by atoms with E-state index in [1.807, 2.05) is 12.1 Å². The second kappa shape index (κ2) is 11.3. The maximum atomic E-state index is 6.09. The Bertz CT molecular complexity index is 2770. The molecule has 0 radical (unpaired) electrons. The number of benzene rings is 8. The van der Waals surface area contributed by atoms with E-state index in [9.17, 15) is 0 Å². The molecule has 242 valence electrons. The topological polar surface area (TPSA) is 16.4 Å². The zero-order valence-corrected chi connectivity index (χ0v) is 28.6. The van der Waals surface area contributed by atoms with Crippen LogP contribution in [0.1, 0.15) is 25.0 Å². The van der Waals surface area contributed by atoms with E-state index in [0.717, 1.165) is 39.0 Å². The second-order valence-electron chi connectivity index (χ2n) is 14.2. The third-order valence-electron chi connectivity index (χ3n) is 10.9. The van der Waals surface area contributed by atoms with Gasteiger partial charge in [0.1, 0.15) is 11.2 Å². The molecule has 51 heavy (non-hydrogen) atoms. The first-order valence-corrected chi connectivity index (χ1v) is 17.7. The number of hydrogen-bond acceptors (Lipinski definition) is 2. The molecule has 1 heterocycles. The Morgan fingerprint density at radius 2 is 0.961 bits per heavy atom. The minimum absolute atomic E-state index is 0.00456. The van der Waals surface area contributed by atoms with Crippen LogP contribution in [-0.4, -0.2) is 0 Å². The molecule has 2 heteroatoms. The van der Waals surface area contributed by atoms with Crippen molar-refractivity contribution in [2.45, 2.75) is 19.3 Å². The summed E-state index contributed by atoms with van der Waals surface area (Å²) in [6, 6.07) is 63.8. The van der Waals surface area contributed by atoms with Gasteiger partial charge in [-0.3, -0.25) is 0 Å². The van der Waals surface area contributed by atoms with Gasteiger partial charge in [-0.1, -0.05) is 129 Å². The summed E-state index contributed by atoms with van der Waals surface area (Å²) in [6.07, 6.45) is 0. The van der Waals surface area contributed by atoms with Crippen molar-refractivity contribution in [2.75, 3.05) is 4.90 Å². The summed E-state index contributed by atoms with van der Waals surface area (Å²) in [5.41, 5.74) is 15.4. The van der Waals surface area contributed by atoms with Crippen molar-refractivity contribution < 1.29 is 4.42 Å². The first-order valence-electron chi connectivity index (χ1n) is 17.7. The molecule has 0 atom stereocenters. The normalized spacial score (nSPS) is 13.1. The molecule has 0 amide bonds. The van der Waals surface area contributed by atoms with Gasteiger partial charge in [-0.15, -0.1) is 0 Å². The Morgan fingerprint density at radius 1 is 0.392 bits per heavy atom. The van der Waals surface area contributed by atoms with E-state index < -0.39 is 0 Å². The van der Waals surface area contributed by atoms with Crippen LogP contribution < -0.4 is 4.90 Å². The molecule has 0 saturated carbocycles. The van der Waals surface area contributed by atoms with E-state index in [1.54, 1.807) is 0 Å². The van der Waals surface area contributed by atoms with Gasteiger partial charge in [0.15, 0.2) is 0 Å². The lowest BCUT2D eigenvalue weighted by Crippen LogP contribution is -2.14. The molecule has 0 bridgehead atoms. The fraction of sp³-hybridized carbons (Fsp3) is 0.0612. The van der Waals surface area contributed by atoms with Crippen LogP contribution >= 0.6 is 0 Å². The molecule has 2 nitrogen and oxygen atoms in total. The fourth-order valence-electron chi connectivity index (χ4n) is 8.17. The van der Waals surface area contributed by atoms with Crippen LogP contribution in [0.4, 0.5) is 17.1 Å². The van der Waals surface area contributed by atoms with Crippen LogP contribution in [0.2, 0.25) is 0 Å². The predicted molar refractivity (Wildman–Crippen MR) is 214 cm³/mol. The third kappa shape index (κ3) is 4.79. The number of nitrogens with zero attached hydrogens (tertiary/aromatic N) is 1. The molecular formula is C49H35NO. The van der Waals surface area contributed by atoms with Gasteiger partial charge in [0.2, 0.25) is 0 Å². The summed E-state index contributed by atoms with van der Waals surface area (Å²) in [5.74, 6) is 0. The number of hydrogen-bond donors (Lipinski definition) is 0. The van der Waals surface area contributed by atoms with E-state index in [2.05, 4.69) is 183 Å². The summed E-state index contributed by atoms with van der Waals surface area (Å²) in [4.78, 5) is 2.36. The van der Waals surface area contributed by atoms with Crippen LogP contribution in [0.25, 0.3) is 66.1 Å². The van der Waals surface area contributed by atoms with Gasteiger partial charge in [0.25, 0.3) is 0 Å². The van der Waals surface area contributed by atoms with Crippen LogP contribution in [0.5, 0.6) is 0 Å². The number of para-hydroxylation sites is 1. The van der Waals surface area contributed by atoms with Gasteiger partial charge in [0.05, 0.1) is 0 Å². The van der Waals surface area contributed by atoms with Crippen molar-refractivity contribution in [3.63, 3.8) is 0 Å². The minimum Gasteiger partial charge on any atom is -0.456 e. The van der Waals surface area contributed by atoms with Crippen LogP contribution in [0, 0.1) is 0 Å². The van der Waals surface area contributed by atoms with E-state index in [1.165, 1.54) is 55.3 Å². The molecule has 1 aromatic heterocycles. The molecule has 0 fully saturated rings. The van der Waals surface area contributed by atoms with Crippen molar-refractivity contribution >= 4 is 49.8 Å². The highest BCUT2D eigenvalue weighted by Gasteiger charge is 2.35. The van der Waals surface area contributed by atoms with E-state index in [4.69, 9.17) is 4.42 Å². The van der Waals surface area contributed by atoms with Gasteiger partial charge in [-0.05, 0) is 116 Å². The third-order valence-corrected chi connectivity index (χ3v) is 10.9. The van der Waals surface area contributed by atoms with Gasteiger partial charge in [0, 0.05) is 33.2 Å². The maximum absolute atomic E-state index is 6.09. The lowest BCUT2D eigenvalue weighted by Gasteiger charge is -2.26. The first-order chi connectivity index (χ1) is 25.0. The van der Waals surface area contributed by atoms with E-state index in [0.29, 0.717) is 0 Å². The molecular weight excluding hydrogens is 619 g/mol. The molecule has 0 unspecified atom stereocenters. The first kappa shape index (κ1) is 29.5. The number of rotatable bonds is 5. The Hall–Kier alpha value is -6.38. The molecule has 1 aliphatic rings. The monoisotopic (exact) mass is 653 g/mol. The Balaban J connectivity index is 1.03. The Morgan fingerprint density at radius 3 is 1.75 bits per heavy atom. The average molecular weight is 654 g/mol. The van der Waals surface area contributed by atoms with Gasteiger partial charge in [-0.25, -0.2) is 0 Å². The van der Waals surface area contributed by atoms with Crippen molar-refractivity contribution in [1.29, 1.82) is 0 Å². The summed E-state index contributed by atoms with van der Waals surface area (Å²) < 4.78 is 6.09. The molecule has 0 aliphatic heterocycles. The SMILES string of the molecule is CC1(C)c2ccccc2-c2cc(-c3ccc(N(c4ccc(-c5ccc6oc7ccccc7c6c5)cc4)c4ccc5ccccc5c4)cc3)ccc21. The maximum Gasteiger partial charge on any atom is 0.135 e. The summed E-state index contributed by atoms with van der Waals surface area (Å²) in [7, 11) is 0. The zero-order valence-electron chi connectivity index (χ0n) is 28.6. The van der Waals surface area contributed by atoms with Crippen molar-refractivity contribution in [2.24, 2.45) is 0 Å². The van der Waals surface area contributed by atoms with Crippen LogP contribution in [0.3, 0.4) is 0 Å². The van der Waals surface area contributed by atoms with E-state index in [-0.39, 0.29) is 5.41 Å². The van der Waals surface area contributed by atoms with Gasteiger partial charge >= 0.3 is 0 Å². The van der Waals surface area contributed by atoms with Gasteiger partial charge < -0.3 is 9.32 Å². The van der Waals surface area contributed by atoms with Crippen molar-refractivity contribution in [3.8, 4) is 33.4 Å². The molecule has 9 aromatic rings. The molecule has 0 N–H and O–H groups in total. The van der Waals surface area contributed by atoms with E-state index >= 15 is 0 Å². The van der Waals surface area contributed by atoms with Crippen LogP contribution in [-0.2, 0) is 5.41 Å². The summed E-state index contributed by atoms with van der Waals surface area (Å²) in [6.45, 7) is 4.67. The standard InChI is InChI=1S/C49H35NO/c1-49(2)45-13-7-5-11-41(45)43-30-36(20-27-46(43)49)33-15-22-38(23-16-33)50(40-26-19-32-9-3-4-10-35(32)29-40)39-24-17-34(18-25-39)37-21-28-48-44(31-37)42-12-6-8-14-47(42)51-48/h3-31H,1-2H3. The summed E-state index contributed by atoms with van der Waals surface area (Å²) in [5, 5.41) is 4.73. The quantitative estimate of drug-likeness (QED) is 0.184. The second-order valence-corrected chi connectivity index (χ2v) is 14.2. The number of furan rings is 1. The Kier molecular flexibility index (Phi) is 6.56. The molecule has 1 aliphatic carbocycles. The molecule has 0 saturated heterocycles. The summed E-state index contributed by atoms with van der Waals surface area (Å²) >= 11 is 0. The number of fused-ring (bicyclic) bond motifs is 7. The van der Waals surface area contributed by atoms with Crippen molar-refractivity contribution in [3.05, 3.63) is 187 Å². The number of anilines is 3. The smallest absolute Gasteiger partial charge is 0.135 e. The highest BCUT2D eigenvalue weighted by Crippen LogP contribution is 2.49.